The molecular formula is C15H17N3O4S. The van der Waals surface area contributed by atoms with E-state index in [2.05, 4.69) is 10.3 Å². The van der Waals surface area contributed by atoms with Crippen LogP contribution in [0.3, 0.4) is 0 Å². The van der Waals surface area contributed by atoms with Gasteiger partial charge >= 0.3 is 5.97 Å². The number of amides is 1. The van der Waals surface area contributed by atoms with Crippen LogP contribution in [0.4, 0.5) is 5.13 Å². The fourth-order valence-corrected chi connectivity index (χ4v) is 2.68. The lowest BCUT2D eigenvalue weighted by molar-refractivity contribution is -0.116. The lowest BCUT2D eigenvalue weighted by Crippen LogP contribution is -2.26. The topological polar surface area (TPSA) is 90.3 Å². The molecule has 7 nitrogen and oxygen atoms in total. The van der Waals surface area contributed by atoms with Gasteiger partial charge in [0.2, 0.25) is 5.91 Å². The Morgan fingerprint density at radius 3 is 2.78 bits per heavy atom. The van der Waals surface area contributed by atoms with Crippen LogP contribution in [0.25, 0.3) is 0 Å². The summed E-state index contributed by atoms with van der Waals surface area (Å²) in [7, 11) is 0. The molecule has 0 fully saturated rings. The molecule has 0 aliphatic rings. The van der Waals surface area contributed by atoms with Crippen molar-refractivity contribution in [2.24, 2.45) is 0 Å². The number of pyridine rings is 1. The molecule has 0 bridgehead atoms. The van der Waals surface area contributed by atoms with E-state index in [9.17, 15) is 14.4 Å². The van der Waals surface area contributed by atoms with Gasteiger partial charge in [-0.15, -0.1) is 0 Å². The van der Waals surface area contributed by atoms with Crippen LogP contribution in [0.15, 0.2) is 29.2 Å². The second-order valence-electron chi connectivity index (χ2n) is 5.10. The molecule has 2 aromatic heterocycles. The Morgan fingerprint density at radius 2 is 2.13 bits per heavy atom. The molecule has 122 valence electrons. The van der Waals surface area contributed by atoms with Crippen LogP contribution in [-0.4, -0.2) is 27.5 Å². The first-order valence-corrected chi connectivity index (χ1v) is 7.82. The molecule has 0 unspecified atom stereocenters. The smallest absolute Gasteiger partial charge is 0.350 e. The van der Waals surface area contributed by atoms with Gasteiger partial charge in [0.15, 0.2) is 5.13 Å². The van der Waals surface area contributed by atoms with Crippen LogP contribution >= 0.6 is 11.3 Å². The highest BCUT2D eigenvalue weighted by Gasteiger charge is 2.18. The lowest BCUT2D eigenvalue weighted by atomic mass is 10.4. The van der Waals surface area contributed by atoms with Crippen molar-refractivity contribution in [3.63, 3.8) is 0 Å². The number of rotatable bonds is 5. The van der Waals surface area contributed by atoms with Crippen LogP contribution < -0.4 is 10.9 Å². The SMILES string of the molecule is Cc1nc(NC(=O)Cn2ccccc2=O)sc1C(=O)OC(C)C. The molecule has 2 rings (SSSR count). The van der Waals surface area contributed by atoms with Crippen molar-refractivity contribution >= 4 is 28.3 Å². The van der Waals surface area contributed by atoms with Crippen molar-refractivity contribution in [1.29, 1.82) is 0 Å². The number of aromatic nitrogens is 2. The molecular weight excluding hydrogens is 318 g/mol. The molecule has 0 saturated carbocycles. The number of aryl methyl sites for hydroxylation is 1. The highest BCUT2D eigenvalue weighted by atomic mass is 32.1. The molecule has 2 aromatic rings. The molecule has 1 N–H and O–H groups in total. The average Bonchev–Trinajstić information content (AvgIpc) is 2.81. The lowest BCUT2D eigenvalue weighted by Gasteiger charge is -2.06. The first-order valence-electron chi connectivity index (χ1n) is 7.00. The monoisotopic (exact) mass is 335 g/mol. The molecule has 0 spiro atoms. The zero-order chi connectivity index (χ0) is 17.0. The number of esters is 1. The summed E-state index contributed by atoms with van der Waals surface area (Å²) in [5.74, 6) is -0.856. The van der Waals surface area contributed by atoms with E-state index in [-0.39, 0.29) is 18.2 Å². The summed E-state index contributed by atoms with van der Waals surface area (Å²) in [5.41, 5.74) is 0.229. The van der Waals surface area contributed by atoms with E-state index in [1.807, 2.05) is 0 Å². The van der Waals surface area contributed by atoms with Gasteiger partial charge in [0.05, 0.1) is 11.8 Å². The van der Waals surface area contributed by atoms with Crippen molar-refractivity contribution in [3.05, 3.63) is 45.3 Å². The van der Waals surface area contributed by atoms with Crippen molar-refractivity contribution in [1.82, 2.24) is 9.55 Å². The van der Waals surface area contributed by atoms with Gasteiger partial charge in [-0.3, -0.25) is 9.59 Å². The van der Waals surface area contributed by atoms with Crippen molar-refractivity contribution in [3.8, 4) is 0 Å². The Morgan fingerprint density at radius 1 is 1.39 bits per heavy atom. The molecule has 0 atom stereocenters. The van der Waals surface area contributed by atoms with Crippen LogP contribution in [0.2, 0.25) is 0 Å². The van der Waals surface area contributed by atoms with Crippen molar-refractivity contribution in [2.75, 3.05) is 5.32 Å². The van der Waals surface area contributed by atoms with E-state index in [1.165, 1.54) is 16.8 Å². The number of hydrogen-bond acceptors (Lipinski definition) is 6. The number of hydrogen-bond donors (Lipinski definition) is 1. The molecule has 2 heterocycles. The fourth-order valence-electron chi connectivity index (χ4n) is 1.81. The normalized spacial score (nSPS) is 10.6. The largest absolute Gasteiger partial charge is 0.459 e. The summed E-state index contributed by atoms with van der Waals surface area (Å²) < 4.78 is 6.40. The maximum atomic E-state index is 12.0. The Kier molecular flexibility index (Phi) is 5.28. The van der Waals surface area contributed by atoms with Gasteiger partial charge in [-0.05, 0) is 26.8 Å². The van der Waals surface area contributed by atoms with E-state index in [0.717, 1.165) is 11.3 Å². The molecule has 0 aliphatic heterocycles. The van der Waals surface area contributed by atoms with E-state index in [4.69, 9.17) is 4.74 Å². The molecule has 0 aliphatic carbocycles. The number of nitrogens with zero attached hydrogens (tertiary/aromatic N) is 2. The summed E-state index contributed by atoms with van der Waals surface area (Å²) in [5, 5.41) is 2.89. The van der Waals surface area contributed by atoms with Crippen LogP contribution in [0, 0.1) is 6.92 Å². The van der Waals surface area contributed by atoms with Crippen molar-refractivity contribution < 1.29 is 14.3 Å². The zero-order valence-corrected chi connectivity index (χ0v) is 13.8. The van der Waals surface area contributed by atoms with Crippen LogP contribution in [0.5, 0.6) is 0 Å². The van der Waals surface area contributed by atoms with Gasteiger partial charge < -0.3 is 14.6 Å². The third-order valence-corrected chi connectivity index (χ3v) is 3.84. The quantitative estimate of drug-likeness (QED) is 0.842. The minimum Gasteiger partial charge on any atom is -0.459 e. The zero-order valence-electron chi connectivity index (χ0n) is 13.0. The predicted octanol–water partition coefficient (Wildman–Crippen LogP) is 1.82. The maximum Gasteiger partial charge on any atom is 0.350 e. The summed E-state index contributed by atoms with van der Waals surface area (Å²) in [6.07, 6.45) is 1.30. The Labute approximate surface area is 136 Å². The number of ether oxygens (including phenoxy) is 1. The molecule has 8 heteroatoms. The summed E-state index contributed by atoms with van der Waals surface area (Å²) in [6.45, 7) is 5.07. The summed E-state index contributed by atoms with van der Waals surface area (Å²) in [4.78, 5) is 39.9. The minimum absolute atomic E-state index is 0.121. The number of carbonyl (C=O) groups excluding carboxylic acids is 2. The van der Waals surface area contributed by atoms with Gasteiger partial charge in [0.1, 0.15) is 11.4 Å². The van der Waals surface area contributed by atoms with E-state index in [1.54, 1.807) is 32.9 Å². The van der Waals surface area contributed by atoms with Gasteiger partial charge in [-0.2, -0.15) is 0 Å². The number of thiazole rings is 1. The Bertz CT molecular complexity index is 779. The number of anilines is 1. The second kappa shape index (κ2) is 7.19. The summed E-state index contributed by atoms with van der Waals surface area (Å²) >= 11 is 1.05. The molecule has 1 amide bonds. The molecule has 0 saturated heterocycles. The van der Waals surface area contributed by atoms with Gasteiger partial charge in [-0.25, -0.2) is 9.78 Å². The minimum atomic E-state index is -0.463. The molecule has 0 aromatic carbocycles. The second-order valence-corrected chi connectivity index (χ2v) is 6.10. The Hall–Kier alpha value is -2.48. The molecule has 0 radical (unpaired) electrons. The van der Waals surface area contributed by atoms with E-state index in [0.29, 0.717) is 15.7 Å². The predicted molar refractivity (Wildman–Crippen MR) is 86.7 cm³/mol. The van der Waals surface area contributed by atoms with Crippen LogP contribution in [-0.2, 0) is 16.1 Å². The van der Waals surface area contributed by atoms with Crippen molar-refractivity contribution in [2.45, 2.75) is 33.4 Å². The highest BCUT2D eigenvalue weighted by Crippen LogP contribution is 2.23. The number of carbonyl (C=O) groups is 2. The van der Waals surface area contributed by atoms with Gasteiger partial charge in [-0.1, -0.05) is 17.4 Å². The van der Waals surface area contributed by atoms with Crippen LogP contribution in [0.1, 0.15) is 29.2 Å². The summed E-state index contributed by atoms with van der Waals surface area (Å²) in [6, 6.07) is 4.65. The molecule has 23 heavy (non-hydrogen) atoms. The first kappa shape index (κ1) is 16.9. The average molecular weight is 335 g/mol. The third-order valence-electron chi connectivity index (χ3n) is 2.78. The maximum absolute atomic E-state index is 12.0. The number of nitrogens with one attached hydrogen (secondary N) is 1. The van der Waals surface area contributed by atoms with Gasteiger partial charge in [0, 0.05) is 12.3 Å². The standard InChI is InChI=1S/C15H17N3O4S/c1-9(2)22-14(21)13-10(3)16-15(23-13)17-11(19)8-18-7-5-4-6-12(18)20/h4-7,9H,8H2,1-3H3,(H,16,17,19). The van der Waals surface area contributed by atoms with Gasteiger partial charge in [0.25, 0.3) is 5.56 Å². The Balaban J connectivity index is 2.06. The first-order chi connectivity index (χ1) is 10.9. The van der Waals surface area contributed by atoms with E-state index < -0.39 is 11.9 Å². The highest BCUT2D eigenvalue weighted by molar-refractivity contribution is 7.17. The fraction of sp³-hybridized carbons (Fsp3) is 0.333. The third kappa shape index (κ3) is 4.49. The van der Waals surface area contributed by atoms with E-state index >= 15 is 0 Å².